The van der Waals surface area contributed by atoms with Gasteiger partial charge in [-0.3, -0.25) is 0 Å². The Morgan fingerprint density at radius 3 is 2.56 bits per heavy atom. The molecule has 0 unspecified atom stereocenters. The second-order valence-electron chi connectivity index (χ2n) is 3.97. The smallest absolute Gasteiger partial charge is 0.358 e. The molecule has 0 aliphatic heterocycles. The van der Waals surface area contributed by atoms with Crippen LogP contribution < -0.4 is 0 Å². The van der Waals surface area contributed by atoms with Gasteiger partial charge in [-0.1, -0.05) is 29.8 Å². The normalized spacial score (nSPS) is 11.7. The predicted octanol–water partition coefficient (Wildman–Crippen LogP) is 2.99. The van der Waals surface area contributed by atoms with E-state index >= 15 is 0 Å². The Morgan fingerprint density at radius 1 is 1.56 bits per heavy atom. The van der Waals surface area contributed by atoms with E-state index in [1.54, 1.807) is 10.9 Å². The number of aromatic nitrogens is 2. The fourth-order valence-electron chi connectivity index (χ4n) is 1.58. The molecule has 5 nitrogen and oxygen atoms in total. The molecule has 0 aliphatic rings. The summed E-state index contributed by atoms with van der Waals surface area (Å²) < 4.78 is 1.66. The Balaban J connectivity index is 2.81. The zero-order chi connectivity index (χ0) is 12.2. The molecule has 0 saturated heterocycles. The quantitative estimate of drug-likeness (QED) is 0.459. The van der Waals surface area contributed by atoms with Crippen molar-refractivity contribution in [1.29, 1.82) is 0 Å². The van der Waals surface area contributed by atoms with Crippen LogP contribution in [0.5, 0.6) is 0 Å². The van der Waals surface area contributed by atoms with Gasteiger partial charge in [-0.05, 0) is 17.8 Å². The van der Waals surface area contributed by atoms with Gasteiger partial charge in [0.05, 0.1) is 23.9 Å². The van der Waals surface area contributed by atoms with Gasteiger partial charge in [0.15, 0.2) is 0 Å². The summed E-state index contributed by atoms with van der Waals surface area (Å²) in [5.74, 6) is -0.0873. The molecule has 0 atom stereocenters. The molecule has 0 N–H and O–H groups in total. The molecule has 0 aromatic carbocycles. The van der Waals surface area contributed by atoms with Crippen LogP contribution in [0.3, 0.4) is 0 Å². The van der Waals surface area contributed by atoms with Crippen molar-refractivity contribution >= 4 is 21.7 Å². The molecule has 0 saturated carbocycles. The molecule has 0 fully saturated rings. The van der Waals surface area contributed by atoms with Crippen LogP contribution in [0, 0.1) is 15.5 Å². The lowest BCUT2D eigenvalue weighted by Crippen LogP contribution is -2.27. The second kappa shape index (κ2) is 5.43. The third kappa shape index (κ3) is 2.81. The molecule has 1 aromatic heterocycles. The van der Waals surface area contributed by atoms with E-state index in [1.807, 2.05) is 0 Å². The first kappa shape index (κ1) is 13.2. The van der Waals surface area contributed by atoms with Gasteiger partial charge in [0.1, 0.15) is 0 Å². The Morgan fingerprint density at radius 2 is 2.19 bits per heavy atom. The highest BCUT2D eigenvalue weighted by molar-refractivity contribution is 9.09. The fourth-order valence-corrected chi connectivity index (χ4v) is 2.56. The molecular weight excluding hydrogens is 274 g/mol. The summed E-state index contributed by atoms with van der Waals surface area (Å²) in [4.78, 5) is 10.0. The zero-order valence-corrected chi connectivity index (χ0v) is 11.1. The Hall–Kier alpha value is -0.910. The summed E-state index contributed by atoms with van der Waals surface area (Å²) in [6, 6.07) is 1.43. The summed E-state index contributed by atoms with van der Waals surface area (Å²) >= 11 is 3.51. The van der Waals surface area contributed by atoms with Crippen molar-refractivity contribution in [2.45, 2.75) is 33.2 Å². The summed E-state index contributed by atoms with van der Waals surface area (Å²) in [5, 5.41) is 15.3. The SMILES string of the molecule is CCC(CC)(CBr)Cn1ccc([N+](=O)[O-])n1. The third-order valence-electron chi connectivity index (χ3n) is 3.09. The first-order chi connectivity index (χ1) is 7.56. The van der Waals surface area contributed by atoms with E-state index in [4.69, 9.17) is 0 Å². The van der Waals surface area contributed by atoms with Crippen molar-refractivity contribution < 1.29 is 4.92 Å². The maximum Gasteiger partial charge on any atom is 0.389 e. The van der Waals surface area contributed by atoms with Crippen LogP contribution in [0.15, 0.2) is 12.3 Å². The molecule has 0 spiro atoms. The molecule has 1 rings (SSSR count). The Labute approximate surface area is 103 Å². The molecule has 16 heavy (non-hydrogen) atoms. The standard InChI is InChI=1S/C10H16BrN3O2/c1-3-10(4-2,7-11)8-13-6-5-9(12-13)14(15)16/h5-6H,3-4,7-8H2,1-2H3. The van der Waals surface area contributed by atoms with Crippen LogP contribution in [0.25, 0.3) is 0 Å². The van der Waals surface area contributed by atoms with E-state index in [1.165, 1.54) is 6.07 Å². The number of hydrogen-bond acceptors (Lipinski definition) is 3. The molecule has 0 radical (unpaired) electrons. The zero-order valence-electron chi connectivity index (χ0n) is 9.52. The van der Waals surface area contributed by atoms with Gasteiger partial charge in [0.2, 0.25) is 0 Å². The number of halogens is 1. The van der Waals surface area contributed by atoms with E-state index in [9.17, 15) is 10.1 Å². The lowest BCUT2D eigenvalue weighted by atomic mass is 9.85. The number of hydrogen-bond donors (Lipinski definition) is 0. The van der Waals surface area contributed by atoms with Crippen molar-refractivity contribution in [1.82, 2.24) is 9.78 Å². The fraction of sp³-hybridized carbons (Fsp3) is 0.700. The Kier molecular flexibility index (Phi) is 4.46. The van der Waals surface area contributed by atoms with Gasteiger partial charge >= 0.3 is 5.82 Å². The van der Waals surface area contributed by atoms with Crippen molar-refractivity contribution in [2.75, 3.05) is 5.33 Å². The van der Waals surface area contributed by atoms with E-state index < -0.39 is 4.92 Å². The van der Waals surface area contributed by atoms with Crippen molar-refractivity contribution in [3.05, 3.63) is 22.4 Å². The first-order valence-electron chi connectivity index (χ1n) is 5.30. The van der Waals surface area contributed by atoms with Gasteiger partial charge in [-0.15, -0.1) is 0 Å². The lowest BCUT2D eigenvalue weighted by molar-refractivity contribution is -0.389. The van der Waals surface area contributed by atoms with Crippen LogP contribution in [0.1, 0.15) is 26.7 Å². The monoisotopic (exact) mass is 289 g/mol. The highest BCUT2D eigenvalue weighted by Gasteiger charge is 2.27. The lowest BCUT2D eigenvalue weighted by Gasteiger charge is -2.27. The van der Waals surface area contributed by atoms with Crippen LogP contribution >= 0.6 is 15.9 Å². The second-order valence-corrected chi connectivity index (χ2v) is 4.53. The Bertz CT molecular complexity index is 352. The summed E-state index contributed by atoms with van der Waals surface area (Å²) in [6.07, 6.45) is 3.70. The van der Waals surface area contributed by atoms with Crippen molar-refractivity contribution in [3.8, 4) is 0 Å². The molecule has 1 heterocycles. The van der Waals surface area contributed by atoms with Gasteiger partial charge in [-0.25, -0.2) is 0 Å². The van der Waals surface area contributed by atoms with Crippen molar-refractivity contribution in [2.24, 2.45) is 5.41 Å². The maximum absolute atomic E-state index is 10.5. The minimum atomic E-state index is -0.468. The largest absolute Gasteiger partial charge is 0.389 e. The summed E-state index contributed by atoms with van der Waals surface area (Å²) in [5.41, 5.74) is 0.125. The maximum atomic E-state index is 10.5. The summed E-state index contributed by atoms with van der Waals surface area (Å²) in [7, 11) is 0. The predicted molar refractivity (Wildman–Crippen MR) is 65.7 cm³/mol. The highest BCUT2D eigenvalue weighted by atomic mass is 79.9. The van der Waals surface area contributed by atoms with Gasteiger partial charge in [-0.2, -0.15) is 4.68 Å². The van der Waals surface area contributed by atoms with Gasteiger partial charge < -0.3 is 10.1 Å². The number of nitro groups is 1. The van der Waals surface area contributed by atoms with E-state index in [2.05, 4.69) is 34.9 Å². The molecule has 6 heteroatoms. The number of alkyl halides is 1. The van der Waals surface area contributed by atoms with E-state index in [0.717, 1.165) is 18.2 Å². The number of rotatable bonds is 6. The van der Waals surface area contributed by atoms with Gasteiger partial charge in [0.25, 0.3) is 0 Å². The average molecular weight is 290 g/mol. The van der Waals surface area contributed by atoms with E-state index in [0.29, 0.717) is 6.54 Å². The van der Waals surface area contributed by atoms with Gasteiger partial charge in [0, 0.05) is 10.7 Å². The van der Waals surface area contributed by atoms with Crippen molar-refractivity contribution in [3.63, 3.8) is 0 Å². The molecule has 90 valence electrons. The average Bonchev–Trinajstić information content (AvgIpc) is 2.74. The van der Waals surface area contributed by atoms with Crippen LogP contribution in [-0.2, 0) is 6.54 Å². The van der Waals surface area contributed by atoms with E-state index in [-0.39, 0.29) is 11.2 Å². The third-order valence-corrected chi connectivity index (χ3v) is 4.28. The number of nitrogens with zero attached hydrogens (tertiary/aromatic N) is 3. The first-order valence-corrected chi connectivity index (χ1v) is 6.43. The van der Waals surface area contributed by atoms with Crippen LogP contribution in [0.4, 0.5) is 5.82 Å². The molecule has 0 bridgehead atoms. The molecular formula is C10H16BrN3O2. The van der Waals surface area contributed by atoms with Crippen LogP contribution in [-0.4, -0.2) is 20.0 Å². The van der Waals surface area contributed by atoms with Crippen LogP contribution in [0.2, 0.25) is 0 Å². The molecule has 1 aromatic rings. The minimum Gasteiger partial charge on any atom is -0.358 e. The topological polar surface area (TPSA) is 61.0 Å². The molecule has 0 amide bonds. The highest BCUT2D eigenvalue weighted by Crippen LogP contribution is 2.30. The summed E-state index contributed by atoms with van der Waals surface area (Å²) in [6.45, 7) is 4.96. The molecule has 0 aliphatic carbocycles. The minimum absolute atomic E-state index is 0.0873.